The van der Waals surface area contributed by atoms with Crippen LogP contribution >= 0.6 is 0 Å². The zero-order valence-corrected chi connectivity index (χ0v) is 15.2. The van der Waals surface area contributed by atoms with Crippen molar-refractivity contribution in [1.82, 2.24) is 0 Å². The number of benzene rings is 3. The van der Waals surface area contributed by atoms with Gasteiger partial charge in [-0.15, -0.1) is 0 Å². The highest BCUT2D eigenvalue weighted by atomic mass is 16.5. The molecule has 27 heavy (non-hydrogen) atoms. The van der Waals surface area contributed by atoms with Crippen LogP contribution in [0.25, 0.3) is 0 Å². The number of aldehydes is 2. The lowest BCUT2D eigenvalue weighted by atomic mass is 9.79. The predicted molar refractivity (Wildman–Crippen MR) is 105 cm³/mol. The molecule has 0 spiro atoms. The van der Waals surface area contributed by atoms with E-state index in [0.29, 0.717) is 12.6 Å². The van der Waals surface area contributed by atoms with Gasteiger partial charge in [0.1, 0.15) is 23.6 Å². The molecule has 0 aliphatic heterocycles. The van der Waals surface area contributed by atoms with E-state index in [4.69, 9.17) is 4.74 Å². The van der Waals surface area contributed by atoms with Gasteiger partial charge in [0.25, 0.3) is 0 Å². The van der Waals surface area contributed by atoms with Crippen LogP contribution < -0.4 is 0 Å². The summed E-state index contributed by atoms with van der Waals surface area (Å²) < 4.78 is 6.47. The molecule has 3 heteroatoms. The number of ether oxygens (including phenoxy) is 1. The maximum atomic E-state index is 11.5. The van der Waals surface area contributed by atoms with Crippen molar-refractivity contribution in [1.29, 1.82) is 0 Å². The Bertz CT molecular complexity index is 769. The highest BCUT2D eigenvalue weighted by Crippen LogP contribution is 2.41. The number of carbonyl (C=O) groups excluding carboxylic acids is 2. The first kappa shape index (κ1) is 18.7. The highest BCUT2D eigenvalue weighted by molar-refractivity contribution is 5.83. The first-order valence-corrected chi connectivity index (χ1v) is 8.88. The topological polar surface area (TPSA) is 43.4 Å². The second-order valence-corrected chi connectivity index (χ2v) is 6.81. The number of hydrogen-bond donors (Lipinski definition) is 0. The van der Waals surface area contributed by atoms with Gasteiger partial charge < -0.3 is 14.3 Å². The van der Waals surface area contributed by atoms with Crippen LogP contribution in [0.1, 0.15) is 23.6 Å². The normalized spacial score (nSPS) is 11.7. The van der Waals surface area contributed by atoms with E-state index in [1.165, 1.54) is 0 Å². The Hall–Kier alpha value is -3.04. The molecule has 0 heterocycles. The Morgan fingerprint density at radius 1 is 0.667 bits per heavy atom. The Morgan fingerprint density at radius 2 is 1.00 bits per heavy atom. The molecule has 3 rings (SSSR count). The summed E-state index contributed by atoms with van der Waals surface area (Å²) in [5.74, 6) is 0. The van der Waals surface area contributed by atoms with E-state index in [-0.39, 0.29) is 6.61 Å². The lowest BCUT2D eigenvalue weighted by molar-refractivity contribution is -0.132. The monoisotopic (exact) mass is 358 g/mol. The second kappa shape index (κ2) is 8.11. The van der Waals surface area contributed by atoms with Gasteiger partial charge in [-0.2, -0.15) is 0 Å². The van der Waals surface area contributed by atoms with Gasteiger partial charge in [-0.3, -0.25) is 0 Å². The average Bonchev–Trinajstić information content (AvgIpc) is 2.76. The Kier molecular flexibility index (Phi) is 5.63. The largest absolute Gasteiger partial charge is 0.359 e. The smallest absolute Gasteiger partial charge is 0.143 e. The first-order valence-electron chi connectivity index (χ1n) is 8.88. The van der Waals surface area contributed by atoms with E-state index in [1.807, 2.05) is 91.0 Å². The van der Waals surface area contributed by atoms with Gasteiger partial charge in [0.2, 0.25) is 0 Å². The molecule has 0 atom stereocenters. The summed E-state index contributed by atoms with van der Waals surface area (Å²) in [6.45, 7) is 1.55. The molecule has 3 aromatic carbocycles. The SMILES string of the molecule is CC(C=O)(C=O)COC(c1ccccc1)(c1ccccc1)c1ccccc1. The Balaban J connectivity index is 2.23. The van der Waals surface area contributed by atoms with Gasteiger partial charge in [0.05, 0.1) is 6.61 Å². The average molecular weight is 358 g/mol. The van der Waals surface area contributed by atoms with Crippen molar-refractivity contribution in [3.63, 3.8) is 0 Å². The van der Waals surface area contributed by atoms with Gasteiger partial charge in [-0.1, -0.05) is 91.0 Å². The van der Waals surface area contributed by atoms with Gasteiger partial charge in [-0.25, -0.2) is 0 Å². The molecule has 0 aromatic heterocycles. The van der Waals surface area contributed by atoms with Crippen LogP contribution in [0, 0.1) is 5.41 Å². The summed E-state index contributed by atoms with van der Waals surface area (Å²) in [5, 5.41) is 0. The molecule has 136 valence electrons. The van der Waals surface area contributed by atoms with Crippen molar-refractivity contribution in [3.05, 3.63) is 108 Å². The van der Waals surface area contributed by atoms with Crippen molar-refractivity contribution in [2.24, 2.45) is 5.41 Å². The maximum absolute atomic E-state index is 11.5. The summed E-state index contributed by atoms with van der Waals surface area (Å²) in [6, 6.07) is 29.6. The predicted octanol–water partition coefficient (Wildman–Crippen LogP) is 4.40. The minimum absolute atomic E-state index is 0.0291. The van der Waals surface area contributed by atoms with Crippen LogP contribution in [0.2, 0.25) is 0 Å². The molecule has 3 aromatic rings. The number of hydrogen-bond acceptors (Lipinski definition) is 3. The molecule has 0 saturated heterocycles. The molecule has 3 nitrogen and oxygen atoms in total. The molecule has 0 aliphatic carbocycles. The Labute approximate surface area is 159 Å². The number of carbonyl (C=O) groups is 2. The van der Waals surface area contributed by atoms with Gasteiger partial charge >= 0.3 is 0 Å². The fraction of sp³-hybridized carbons (Fsp3) is 0.167. The standard InChI is InChI=1S/C24H22O3/c1-23(17-25,18-26)19-27-24(20-11-5-2-6-12-20,21-13-7-3-8-14-21)22-15-9-4-10-16-22/h2-18H,19H2,1H3. The van der Waals surface area contributed by atoms with E-state index in [0.717, 1.165) is 16.7 Å². The highest BCUT2D eigenvalue weighted by Gasteiger charge is 2.39. The van der Waals surface area contributed by atoms with Crippen LogP contribution in [0.4, 0.5) is 0 Å². The summed E-state index contributed by atoms with van der Waals surface area (Å²) in [4.78, 5) is 22.9. The summed E-state index contributed by atoms with van der Waals surface area (Å²) >= 11 is 0. The number of rotatable bonds is 8. The minimum atomic E-state index is -1.20. The van der Waals surface area contributed by atoms with E-state index < -0.39 is 11.0 Å². The fourth-order valence-corrected chi connectivity index (χ4v) is 3.13. The van der Waals surface area contributed by atoms with Crippen LogP contribution in [-0.2, 0) is 19.9 Å². The molecule has 0 N–H and O–H groups in total. The quantitative estimate of drug-likeness (QED) is 0.341. The van der Waals surface area contributed by atoms with Crippen molar-refractivity contribution in [3.8, 4) is 0 Å². The molecular formula is C24H22O3. The maximum Gasteiger partial charge on any atom is 0.143 e. The van der Waals surface area contributed by atoms with Crippen molar-refractivity contribution in [2.75, 3.05) is 6.61 Å². The second-order valence-electron chi connectivity index (χ2n) is 6.81. The van der Waals surface area contributed by atoms with Gasteiger partial charge in [0.15, 0.2) is 0 Å². The third-order valence-electron chi connectivity index (χ3n) is 4.68. The van der Waals surface area contributed by atoms with Gasteiger partial charge in [-0.05, 0) is 23.6 Å². The fourth-order valence-electron chi connectivity index (χ4n) is 3.13. The van der Waals surface area contributed by atoms with E-state index in [9.17, 15) is 9.59 Å². The van der Waals surface area contributed by atoms with Crippen LogP contribution in [-0.4, -0.2) is 19.2 Å². The van der Waals surface area contributed by atoms with Crippen LogP contribution in [0.15, 0.2) is 91.0 Å². The van der Waals surface area contributed by atoms with Crippen molar-refractivity contribution < 1.29 is 14.3 Å². The molecular weight excluding hydrogens is 336 g/mol. The molecule has 0 bridgehead atoms. The third kappa shape index (κ3) is 3.74. The summed E-state index contributed by atoms with van der Waals surface area (Å²) in [7, 11) is 0. The zero-order chi connectivity index (χ0) is 19.2. The van der Waals surface area contributed by atoms with Crippen LogP contribution in [0.5, 0.6) is 0 Å². The third-order valence-corrected chi connectivity index (χ3v) is 4.68. The summed E-state index contributed by atoms with van der Waals surface area (Å²) in [6.07, 6.45) is 1.29. The minimum Gasteiger partial charge on any atom is -0.359 e. The van der Waals surface area contributed by atoms with E-state index in [1.54, 1.807) is 6.92 Å². The molecule has 0 unspecified atom stereocenters. The zero-order valence-electron chi connectivity index (χ0n) is 15.2. The van der Waals surface area contributed by atoms with Crippen molar-refractivity contribution in [2.45, 2.75) is 12.5 Å². The summed E-state index contributed by atoms with van der Waals surface area (Å²) in [5.41, 5.74) is 0.658. The Morgan fingerprint density at radius 3 is 1.30 bits per heavy atom. The van der Waals surface area contributed by atoms with E-state index >= 15 is 0 Å². The van der Waals surface area contributed by atoms with E-state index in [2.05, 4.69) is 0 Å². The molecule has 0 saturated carbocycles. The molecule has 0 amide bonds. The molecule has 0 aliphatic rings. The van der Waals surface area contributed by atoms with Crippen LogP contribution in [0.3, 0.4) is 0 Å². The lowest BCUT2D eigenvalue weighted by Gasteiger charge is -2.37. The molecule has 0 fully saturated rings. The van der Waals surface area contributed by atoms with Crippen molar-refractivity contribution >= 4 is 12.6 Å². The van der Waals surface area contributed by atoms with Gasteiger partial charge in [0, 0.05) is 0 Å². The first-order chi connectivity index (χ1) is 13.1. The lowest BCUT2D eigenvalue weighted by Crippen LogP contribution is -2.38. The molecule has 0 radical (unpaired) electrons.